The molecule has 2 fully saturated rings. The first kappa shape index (κ1) is 15.4. The van der Waals surface area contributed by atoms with Crippen molar-refractivity contribution in [3.63, 3.8) is 0 Å². The van der Waals surface area contributed by atoms with E-state index in [-0.39, 0.29) is 24.4 Å². The van der Waals surface area contributed by atoms with E-state index in [9.17, 15) is 0 Å². The first-order valence-electron chi connectivity index (χ1n) is 6.85. The van der Waals surface area contributed by atoms with Crippen LogP contribution in [0.25, 0.3) is 0 Å². The molecule has 5 atom stereocenters. The van der Waals surface area contributed by atoms with Crippen molar-refractivity contribution in [3.8, 4) is 0 Å². The smallest absolute Gasteiger partial charge is 0.186 e. The molecule has 0 aliphatic carbocycles. The van der Waals surface area contributed by atoms with Gasteiger partial charge in [-0.1, -0.05) is 0 Å². The van der Waals surface area contributed by atoms with Crippen LogP contribution >= 0.6 is 0 Å². The first-order valence-corrected chi connectivity index (χ1v) is 10.3. The molecular formula is C13H26O5Si. The Morgan fingerprint density at radius 2 is 1.63 bits per heavy atom. The van der Waals surface area contributed by atoms with Crippen LogP contribution in [0.2, 0.25) is 19.6 Å². The summed E-state index contributed by atoms with van der Waals surface area (Å²) in [4.78, 5) is 0. The summed E-state index contributed by atoms with van der Waals surface area (Å²) < 4.78 is 29.4. The van der Waals surface area contributed by atoms with Crippen molar-refractivity contribution >= 4 is 8.32 Å². The predicted molar refractivity (Wildman–Crippen MR) is 73.4 cm³/mol. The highest BCUT2D eigenvalue weighted by molar-refractivity contribution is 6.69. The summed E-state index contributed by atoms with van der Waals surface area (Å²) in [6.07, 6.45) is -0.962. The monoisotopic (exact) mass is 290 g/mol. The van der Waals surface area contributed by atoms with Crippen molar-refractivity contribution in [3.05, 3.63) is 0 Å². The van der Waals surface area contributed by atoms with Crippen molar-refractivity contribution in [1.29, 1.82) is 0 Å². The third-order valence-electron chi connectivity index (χ3n) is 3.29. The molecule has 0 saturated carbocycles. The molecule has 112 valence electrons. The van der Waals surface area contributed by atoms with Gasteiger partial charge in [0.1, 0.15) is 18.3 Å². The zero-order chi connectivity index (χ0) is 14.4. The van der Waals surface area contributed by atoms with Crippen molar-refractivity contribution in [1.82, 2.24) is 0 Å². The maximum atomic E-state index is 6.24. The van der Waals surface area contributed by atoms with E-state index in [0.717, 1.165) is 0 Å². The summed E-state index contributed by atoms with van der Waals surface area (Å²) in [6.45, 7) is 12.3. The lowest BCUT2D eigenvalue weighted by molar-refractivity contribution is -0.260. The highest BCUT2D eigenvalue weighted by Gasteiger charge is 2.55. The standard InChI is InChI=1S/C13H26O5Si/c1-8-9(18-19(5,6)7)10-11(12(14-4)15-8)17-13(2,3)16-10/h8-12H,1-7H3/t8-,9+,10+,11+,12+/m1/s1. The zero-order valence-corrected chi connectivity index (χ0v) is 13.9. The van der Waals surface area contributed by atoms with Gasteiger partial charge in [0.05, 0.1) is 6.10 Å². The Balaban J connectivity index is 2.20. The fourth-order valence-corrected chi connectivity index (χ4v) is 3.82. The molecule has 2 saturated heterocycles. The number of ether oxygens (including phenoxy) is 4. The van der Waals surface area contributed by atoms with E-state index < -0.39 is 20.4 Å². The number of rotatable bonds is 3. The predicted octanol–water partition coefficient (Wildman–Crippen LogP) is 2.12. The van der Waals surface area contributed by atoms with E-state index >= 15 is 0 Å². The van der Waals surface area contributed by atoms with Crippen LogP contribution in [0, 0.1) is 0 Å². The molecule has 2 rings (SSSR count). The van der Waals surface area contributed by atoms with E-state index in [1.165, 1.54) is 0 Å². The third kappa shape index (κ3) is 3.37. The minimum Gasteiger partial charge on any atom is -0.409 e. The van der Waals surface area contributed by atoms with Crippen LogP contribution in [0.3, 0.4) is 0 Å². The van der Waals surface area contributed by atoms with E-state index in [1.54, 1.807) is 7.11 Å². The lowest BCUT2D eigenvalue weighted by atomic mass is 10.0. The van der Waals surface area contributed by atoms with Crippen LogP contribution in [0.5, 0.6) is 0 Å². The Morgan fingerprint density at radius 3 is 2.16 bits per heavy atom. The molecule has 2 aliphatic rings. The normalized spacial score (nSPS) is 42.2. The summed E-state index contributed by atoms with van der Waals surface area (Å²) in [5, 5.41) is 0. The summed E-state index contributed by atoms with van der Waals surface area (Å²) in [7, 11) is -0.0534. The molecule has 2 heterocycles. The average Bonchev–Trinajstić information content (AvgIpc) is 2.56. The molecule has 6 heteroatoms. The molecule has 2 aliphatic heterocycles. The number of hydrogen-bond donors (Lipinski definition) is 0. The van der Waals surface area contributed by atoms with Crippen molar-refractivity contribution in [2.75, 3.05) is 7.11 Å². The van der Waals surface area contributed by atoms with Gasteiger partial charge in [0.15, 0.2) is 20.4 Å². The van der Waals surface area contributed by atoms with Gasteiger partial charge in [0.25, 0.3) is 0 Å². The Morgan fingerprint density at radius 1 is 1.05 bits per heavy atom. The summed E-state index contributed by atoms with van der Waals surface area (Å²) in [5.41, 5.74) is 0. The van der Waals surface area contributed by atoms with Crippen LogP contribution < -0.4 is 0 Å². The van der Waals surface area contributed by atoms with Crippen LogP contribution in [0.1, 0.15) is 20.8 Å². The molecule has 0 radical (unpaired) electrons. The second kappa shape index (κ2) is 5.09. The second-order valence-electron chi connectivity index (χ2n) is 6.70. The van der Waals surface area contributed by atoms with Gasteiger partial charge in [-0.25, -0.2) is 0 Å². The lowest BCUT2D eigenvalue weighted by Crippen LogP contribution is -2.58. The third-order valence-corrected chi connectivity index (χ3v) is 4.27. The van der Waals surface area contributed by atoms with E-state index in [2.05, 4.69) is 19.6 Å². The first-order chi connectivity index (χ1) is 8.63. The fourth-order valence-electron chi connectivity index (χ4n) is 2.68. The van der Waals surface area contributed by atoms with Gasteiger partial charge in [0.2, 0.25) is 0 Å². The SMILES string of the molecule is CO[C@H]1O[C@H](C)[C@H](O[Si](C)(C)C)[C@@H]2OC(C)(C)O[C@H]12. The Labute approximate surface area is 116 Å². The lowest BCUT2D eigenvalue weighted by Gasteiger charge is -2.42. The summed E-state index contributed by atoms with van der Waals surface area (Å²) in [6, 6.07) is 0. The fraction of sp³-hybridized carbons (Fsp3) is 1.00. The van der Waals surface area contributed by atoms with Crippen LogP contribution in [-0.2, 0) is 23.4 Å². The largest absolute Gasteiger partial charge is 0.409 e. The topological polar surface area (TPSA) is 46.2 Å². The van der Waals surface area contributed by atoms with Gasteiger partial charge in [-0.2, -0.15) is 0 Å². The van der Waals surface area contributed by atoms with Gasteiger partial charge < -0.3 is 23.4 Å². The van der Waals surface area contributed by atoms with E-state index in [4.69, 9.17) is 23.4 Å². The van der Waals surface area contributed by atoms with E-state index in [0.29, 0.717) is 0 Å². The highest BCUT2D eigenvalue weighted by Crippen LogP contribution is 2.39. The summed E-state index contributed by atoms with van der Waals surface area (Å²) >= 11 is 0. The molecule has 19 heavy (non-hydrogen) atoms. The van der Waals surface area contributed by atoms with Crippen molar-refractivity contribution < 1.29 is 23.4 Å². The molecule has 0 amide bonds. The Hall–Kier alpha value is 0.0169. The van der Waals surface area contributed by atoms with Crippen LogP contribution in [0.4, 0.5) is 0 Å². The van der Waals surface area contributed by atoms with E-state index in [1.807, 2.05) is 20.8 Å². The zero-order valence-electron chi connectivity index (χ0n) is 12.9. The number of fused-ring (bicyclic) bond motifs is 1. The van der Waals surface area contributed by atoms with Gasteiger partial charge in [-0.15, -0.1) is 0 Å². The second-order valence-corrected chi connectivity index (χ2v) is 11.2. The molecule has 0 aromatic rings. The average molecular weight is 290 g/mol. The van der Waals surface area contributed by atoms with Gasteiger partial charge in [0, 0.05) is 7.11 Å². The quantitative estimate of drug-likeness (QED) is 0.745. The van der Waals surface area contributed by atoms with Gasteiger partial charge in [-0.3, -0.25) is 0 Å². The van der Waals surface area contributed by atoms with Gasteiger partial charge in [-0.05, 0) is 40.4 Å². The van der Waals surface area contributed by atoms with Crippen molar-refractivity contribution in [2.24, 2.45) is 0 Å². The van der Waals surface area contributed by atoms with Crippen molar-refractivity contribution in [2.45, 2.75) is 76.9 Å². The maximum absolute atomic E-state index is 6.24. The Kier molecular flexibility index (Phi) is 4.13. The number of hydrogen-bond acceptors (Lipinski definition) is 5. The molecule has 0 bridgehead atoms. The minimum atomic E-state index is -1.68. The molecule has 5 nitrogen and oxygen atoms in total. The highest BCUT2D eigenvalue weighted by atomic mass is 28.4. The minimum absolute atomic E-state index is 0.0737. The molecular weight excluding hydrogens is 264 g/mol. The van der Waals surface area contributed by atoms with Crippen LogP contribution in [0.15, 0.2) is 0 Å². The van der Waals surface area contributed by atoms with Gasteiger partial charge >= 0.3 is 0 Å². The molecule has 0 spiro atoms. The van der Waals surface area contributed by atoms with Crippen LogP contribution in [-0.4, -0.2) is 51.9 Å². The Bertz CT molecular complexity index is 327. The molecule has 0 aromatic heterocycles. The summed E-state index contributed by atoms with van der Waals surface area (Å²) in [5.74, 6) is -0.624. The molecule has 0 aromatic carbocycles. The maximum Gasteiger partial charge on any atom is 0.186 e. The number of methoxy groups -OCH3 is 1. The molecule has 0 unspecified atom stereocenters. The molecule has 0 N–H and O–H groups in total.